The van der Waals surface area contributed by atoms with Crippen LogP contribution in [0.5, 0.6) is 5.75 Å². The predicted octanol–water partition coefficient (Wildman–Crippen LogP) is 3.87. The van der Waals surface area contributed by atoms with Gasteiger partial charge in [-0.05, 0) is 42.7 Å². The molecule has 2 aromatic rings. The molecule has 1 aliphatic rings. The van der Waals surface area contributed by atoms with Crippen LogP contribution in [0.25, 0.3) is 11.1 Å². The first kappa shape index (κ1) is 22.9. The van der Waals surface area contributed by atoms with E-state index in [9.17, 15) is 14.4 Å². The summed E-state index contributed by atoms with van der Waals surface area (Å²) in [6, 6.07) is 9.50. The third-order valence-electron chi connectivity index (χ3n) is 4.63. The summed E-state index contributed by atoms with van der Waals surface area (Å²) in [5, 5.41) is 0.557. The molecule has 7 nitrogen and oxygen atoms in total. The maximum atomic E-state index is 12.5. The molecular formula is C22H23NO6S2. The fourth-order valence-electron chi connectivity index (χ4n) is 3.03. The van der Waals surface area contributed by atoms with Crippen molar-refractivity contribution in [3.8, 4) is 16.9 Å². The summed E-state index contributed by atoms with van der Waals surface area (Å²) >= 11 is 2.68. The summed E-state index contributed by atoms with van der Waals surface area (Å²) in [5.74, 6) is 0.0838. The number of carbonyl (C=O) groups is 3. The quantitative estimate of drug-likeness (QED) is 0.335. The van der Waals surface area contributed by atoms with Crippen molar-refractivity contribution >= 4 is 40.9 Å². The van der Waals surface area contributed by atoms with E-state index in [1.807, 2.05) is 37.3 Å². The number of thioether (sulfide) groups is 1. The van der Waals surface area contributed by atoms with Crippen LogP contribution in [0.3, 0.4) is 0 Å². The van der Waals surface area contributed by atoms with Gasteiger partial charge < -0.3 is 19.1 Å². The first-order valence-electron chi connectivity index (χ1n) is 9.57. The number of amides is 1. The monoisotopic (exact) mass is 461 g/mol. The van der Waals surface area contributed by atoms with Crippen LogP contribution in [0.15, 0.2) is 41.4 Å². The second-order valence-electron chi connectivity index (χ2n) is 6.64. The number of hydrogen-bond donors (Lipinski definition) is 0. The van der Waals surface area contributed by atoms with Gasteiger partial charge in [0.15, 0.2) is 0 Å². The first-order chi connectivity index (χ1) is 14.9. The van der Waals surface area contributed by atoms with Crippen molar-refractivity contribution in [1.29, 1.82) is 0 Å². The van der Waals surface area contributed by atoms with E-state index in [1.54, 1.807) is 7.11 Å². The third-order valence-corrected chi connectivity index (χ3v) is 6.69. The van der Waals surface area contributed by atoms with E-state index in [0.717, 1.165) is 21.8 Å². The zero-order valence-corrected chi connectivity index (χ0v) is 19.1. The van der Waals surface area contributed by atoms with Crippen LogP contribution in [-0.2, 0) is 19.1 Å². The third kappa shape index (κ3) is 5.68. The van der Waals surface area contributed by atoms with Crippen molar-refractivity contribution < 1.29 is 28.6 Å². The molecule has 164 valence electrons. The topological polar surface area (TPSA) is 82.1 Å². The molecule has 1 aromatic heterocycles. The molecule has 0 bridgehead atoms. The van der Waals surface area contributed by atoms with Gasteiger partial charge in [-0.25, -0.2) is 9.59 Å². The zero-order valence-electron chi connectivity index (χ0n) is 17.5. The van der Waals surface area contributed by atoms with Gasteiger partial charge in [0.05, 0.1) is 37.7 Å². The van der Waals surface area contributed by atoms with Crippen molar-refractivity contribution in [1.82, 2.24) is 4.90 Å². The SMILES string of the molecule is COC(=O)/C=C1/SCC(=O)N1CCCOC(=O)c1cc(-c2ccc(OC)cc2)c(C)s1. The summed E-state index contributed by atoms with van der Waals surface area (Å²) in [4.78, 5) is 39.0. The van der Waals surface area contributed by atoms with E-state index in [-0.39, 0.29) is 24.2 Å². The Balaban J connectivity index is 1.55. The first-order valence-corrected chi connectivity index (χ1v) is 11.4. The molecule has 0 unspecified atom stereocenters. The molecule has 1 aromatic carbocycles. The lowest BCUT2D eigenvalue weighted by molar-refractivity contribution is -0.134. The number of hydrogen-bond acceptors (Lipinski definition) is 8. The van der Waals surface area contributed by atoms with Crippen LogP contribution in [0.1, 0.15) is 21.0 Å². The molecule has 0 radical (unpaired) electrons. The summed E-state index contributed by atoms with van der Waals surface area (Å²) in [7, 11) is 2.91. The van der Waals surface area contributed by atoms with E-state index < -0.39 is 5.97 Å². The second kappa shape index (κ2) is 10.5. The van der Waals surface area contributed by atoms with E-state index >= 15 is 0 Å². The van der Waals surface area contributed by atoms with Gasteiger partial charge in [0.2, 0.25) is 5.91 Å². The largest absolute Gasteiger partial charge is 0.497 e. The van der Waals surface area contributed by atoms with Gasteiger partial charge >= 0.3 is 11.9 Å². The number of ether oxygens (including phenoxy) is 3. The fourth-order valence-corrected chi connectivity index (χ4v) is 4.92. The maximum Gasteiger partial charge on any atom is 0.348 e. The highest BCUT2D eigenvalue weighted by Gasteiger charge is 2.27. The highest BCUT2D eigenvalue weighted by Crippen LogP contribution is 2.32. The van der Waals surface area contributed by atoms with Crippen molar-refractivity contribution in [3.05, 3.63) is 51.2 Å². The Labute approximate surface area is 189 Å². The standard InChI is InChI=1S/C22H23NO6S2/c1-14-17(15-5-7-16(27-2)8-6-15)11-18(31-14)22(26)29-10-4-9-23-19(24)13-30-20(23)12-21(25)28-3/h5-8,11-12H,4,9-10,13H2,1-3H3/b20-12+. The van der Waals surface area contributed by atoms with Crippen LogP contribution in [0.4, 0.5) is 0 Å². The number of aryl methyl sites for hydroxylation is 1. The van der Waals surface area contributed by atoms with Crippen LogP contribution >= 0.6 is 23.1 Å². The lowest BCUT2D eigenvalue weighted by Crippen LogP contribution is -2.27. The molecule has 0 aliphatic carbocycles. The zero-order chi connectivity index (χ0) is 22.4. The molecule has 31 heavy (non-hydrogen) atoms. The molecule has 9 heteroatoms. The number of nitrogens with zero attached hydrogens (tertiary/aromatic N) is 1. The average molecular weight is 462 g/mol. The number of methoxy groups -OCH3 is 2. The Bertz CT molecular complexity index is 996. The molecular weight excluding hydrogens is 438 g/mol. The van der Waals surface area contributed by atoms with E-state index in [0.29, 0.717) is 22.9 Å². The highest BCUT2D eigenvalue weighted by molar-refractivity contribution is 8.04. The summed E-state index contributed by atoms with van der Waals surface area (Å²) in [6.45, 7) is 2.50. The average Bonchev–Trinajstić information content (AvgIpc) is 3.33. The van der Waals surface area contributed by atoms with Gasteiger partial charge in [-0.3, -0.25) is 4.79 Å². The van der Waals surface area contributed by atoms with E-state index in [4.69, 9.17) is 9.47 Å². The normalized spacial score (nSPS) is 14.7. The smallest absolute Gasteiger partial charge is 0.348 e. The predicted molar refractivity (Wildman–Crippen MR) is 120 cm³/mol. The Morgan fingerprint density at radius 2 is 1.94 bits per heavy atom. The molecule has 1 fully saturated rings. The van der Waals surface area contributed by atoms with Crippen LogP contribution < -0.4 is 4.74 Å². The minimum absolute atomic E-state index is 0.0792. The lowest BCUT2D eigenvalue weighted by Gasteiger charge is -2.16. The number of thiophene rings is 1. The van der Waals surface area contributed by atoms with Crippen LogP contribution in [-0.4, -0.2) is 55.9 Å². The minimum atomic E-state index is -0.505. The van der Waals surface area contributed by atoms with Crippen molar-refractivity contribution in [3.63, 3.8) is 0 Å². The Morgan fingerprint density at radius 3 is 2.61 bits per heavy atom. The molecule has 1 aliphatic heterocycles. The Kier molecular flexibility index (Phi) is 7.75. The maximum absolute atomic E-state index is 12.5. The summed E-state index contributed by atoms with van der Waals surface area (Å²) in [6.07, 6.45) is 1.77. The van der Waals surface area contributed by atoms with E-state index in [2.05, 4.69) is 4.74 Å². The number of carbonyl (C=O) groups excluding carboxylic acids is 3. The Morgan fingerprint density at radius 1 is 1.19 bits per heavy atom. The van der Waals surface area contributed by atoms with E-state index in [1.165, 1.54) is 41.2 Å². The highest BCUT2D eigenvalue weighted by atomic mass is 32.2. The molecule has 0 atom stereocenters. The van der Waals surface area contributed by atoms with Gasteiger partial charge in [0, 0.05) is 11.4 Å². The molecule has 1 saturated heterocycles. The molecule has 3 rings (SSSR count). The number of rotatable bonds is 8. The van der Waals surface area contributed by atoms with Gasteiger partial charge in [0.1, 0.15) is 10.6 Å². The molecule has 2 heterocycles. The second-order valence-corrected chi connectivity index (χ2v) is 8.89. The number of esters is 2. The summed E-state index contributed by atoms with van der Waals surface area (Å²) < 4.78 is 15.2. The van der Waals surface area contributed by atoms with Crippen molar-refractivity contribution in [2.24, 2.45) is 0 Å². The van der Waals surface area contributed by atoms with Gasteiger partial charge in [0.25, 0.3) is 0 Å². The van der Waals surface area contributed by atoms with Crippen molar-refractivity contribution in [2.75, 3.05) is 33.1 Å². The molecule has 0 N–H and O–H groups in total. The summed E-state index contributed by atoms with van der Waals surface area (Å²) in [5.41, 5.74) is 1.99. The van der Waals surface area contributed by atoms with Gasteiger partial charge in [-0.2, -0.15) is 0 Å². The fraction of sp³-hybridized carbons (Fsp3) is 0.318. The van der Waals surface area contributed by atoms with Crippen LogP contribution in [0, 0.1) is 6.92 Å². The number of benzene rings is 1. The molecule has 0 spiro atoms. The van der Waals surface area contributed by atoms with Gasteiger partial charge in [-0.15, -0.1) is 11.3 Å². The van der Waals surface area contributed by atoms with Crippen molar-refractivity contribution in [2.45, 2.75) is 13.3 Å². The Hall–Kier alpha value is -2.78. The minimum Gasteiger partial charge on any atom is -0.497 e. The van der Waals surface area contributed by atoms with Gasteiger partial charge in [-0.1, -0.05) is 23.9 Å². The molecule has 0 saturated carbocycles. The van der Waals surface area contributed by atoms with Crippen LogP contribution in [0.2, 0.25) is 0 Å². The lowest BCUT2D eigenvalue weighted by atomic mass is 10.1. The molecule has 1 amide bonds.